The SMILES string of the molecule is CC1(C)CCN(CCC2CCCC2(N)CO)CC1. The molecule has 0 spiro atoms. The fourth-order valence-electron chi connectivity index (χ4n) is 3.53. The van der Waals surface area contributed by atoms with Crippen molar-refractivity contribution in [1.29, 1.82) is 0 Å². The lowest BCUT2D eigenvalue weighted by Gasteiger charge is -2.38. The van der Waals surface area contributed by atoms with Gasteiger partial charge in [0.2, 0.25) is 0 Å². The normalized spacial score (nSPS) is 37.0. The monoisotopic (exact) mass is 254 g/mol. The Kier molecular flexibility index (Phi) is 4.35. The second kappa shape index (κ2) is 5.48. The molecule has 2 atom stereocenters. The molecule has 2 unspecified atom stereocenters. The third-order valence-corrected chi connectivity index (χ3v) is 5.31. The van der Waals surface area contributed by atoms with Gasteiger partial charge >= 0.3 is 0 Å². The van der Waals surface area contributed by atoms with Gasteiger partial charge in [-0.2, -0.15) is 0 Å². The molecule has 2 fully saturated rings. The van der Waals surface area contributed by atoms with Gasteiger partial charge in [-0.3, -0.25) is 0 Å². The smallest absolute Gasteiger partial charge is 0.0613 e. The molecule has 1 heterocycles. The molecule has 1 aliphatic carbocycles. The van der Waals surface area contributed by atoms with Crippen molar-refractivity contribution < 1.29 is 5.11 Å². The van der Waals surface area contributed by atoms with Crippen molar-refractivity contribution in [3.63, 3.8) is 0 Å². The Balaban J connectivity index is 1.75. The summed E-state index contributed by atoms with van der Waals surface area (Å²) in [5.74, 6) is 0.525. The minimum atomic E-state index is -0.283. The van der Waals surface area contributed by atoms with Crippen molar-refractivity contribution in [3.05, 3.63) is 0 Å². The van der Waals surface area contributed by atoms with Crippen molar-refractivity contribution in [2.24, 2.45) is 17.1 Å². The van der Waals surface area contributed by atoms with Gasteiger partial charge in [0.25, 0.3) is 0 Å². The number of nitrogens with zero attached hydrogens (tertiary/aromatic N) is 1. The van der Waals surface area contributed by atoms with Crippen molar-refractivity contribution in [2.45, 2.75) is 57.9 Å². The minimum Gasteiger partial charge on any atom is -0.394 e. The number of hydrogen-bond donors (Lipinski definition) is 2. The highest BCUT2D eigenvalue weighted by Crippen LogP contribution is 2.36. The topological polar surface area (TPSA) is 49.5 Å². The standard InChI is InChI=1S/C15H30N2O/c1-14(2)7-10-17(11-8-14)9-5-13-4-3-6-15(13,16)12-18/h13,18H,3-12,16H2,1-2H3. The van der Waals surface area contributed by atoms with Gasteiger partial charge in [0.15, 0.2) is 0 Å². The third-order valence-electron chi connectivity index (χ3n) is 5.31. The van der Waals surface area contributed by atoms with Gasteiger partial charge in [-0.1, -0.05) is 20.3 Å². The molecule has 106 valence electrons. The van der Waals surface area contributed by atoms with Crippen LogP contribution in [-0.2, 0) is 0 Å². The molecule has 2 rings (SSSR count). The van der Waals surface area contributed by atoms with E-state index >= 15 is 0 Å². The quantitative estimate of drug-likeness (QED) is 0.806. The molecular weight excluding hydrogens is 224 g/mol. The molecule has 0 aromatic heterocycles. The summed E-state index contributed by atoms with van der Waals surface area (Å²) in [7, 11) is 0. The average Bonchev–Trinajstić information content (AvgIpc) is 2.70. The van der Waals surface area contributed by atoms with Crippen LogP contribution in [0.3, 0.4) is 0 Å². The number of nitrogens with two attached hydrogens (primary N) is 1. The number of likely N-dealkylation sites (tertiary alicyclic amines) is 1. The molecule has 0 amide bonds. The van der Waals surface area contributed by atoms with E-state index in [1.807, 2.05) is 0 Å². The molecule has 1 aliphatic heterocycles. The summed E-state index contributed by atoms with van der Waals surface area (Å²) >= 11 is 0. The van der Waals surface area contributed by atoms with Crippen LogP contribution >= 0.6 is 0 Å². The van der Waals surface area contributed by atoms with E-state index in [2.05, 4.69) is 18.7 Å². The van der Waals surface area contributed by atoms with E-state index in [0.29, 0.717) is 11.3 Å². The summed E-state index contributed by atoms with van der Waals surface area (Å²) in [5.41, 5.74) is 6.54. The first-order chi connectivity index (χ1) is 8.45. The predicted octanol–water partition coefficient (Wildman–Crippen LogP) is 1.99. The second-order valence-electron chi connectivity index (χ2n) is 7.27. The summed E-state index contributed by atoms with van der Waals surface area (Å²) in [6.45, 7) is 8.53. The number of aliphatic hydroxyl groups excluding tert-OH is 1. The zero-order valence-corrected chi connectivity index (χ0v) is 12.1. The van der Waals surface area contributed by atoms with E-state index in [0.717, 1.165) is 12.8 Å². The predicted molar refractivity (Wildman–Crippen MR) is 75.4 cm³/mol. The largest absolute Gasteiger partial charge is 0.394 e. The maximum absolute atomic E-state index is 9.46. The zero-order valence-electron chi connectivity index (χ0n) is 12.1. The lowest BCUT2D eigenvalue weighted by atomic mass is 9.82. The van der Waals surface area contributed by atoms with E-state index in [1.165, 1.54) is 45.3 Å². The van der Waals surface area contributed by atoms with Crippen molar-refractivity contribution in [3.8, 4) is 0 Å². The fourth-order valence-corrected chi connectivity index (χ4v) is 3.53. The first-order valence-corrected chi connectivity index (χ1v) is 7.57. The summed E-state index contributed by atoms with van der Waals surface area (Å²) in [6.07, 6.45) is 7.18. The highest BCUT2D eigenvalue weighted by molar-refractivity contribution is 4.96. The van der Waals surface area contributed by atoms with Crippen LogP contribution in [0.1, 0.15) is 52.4 Å². The third kappa shape index (κ3) is 3.25. The van der Waals surface area contributed by atoms with Gasteiger partial charge in [0.1, 0.15) is 0 Å². The summed E-state index contributed by atoms with van der Waals surface area (Å²) in [4.78, 5) is 2.58. The molecule has 3 N–H and O–H groups in total. The summed E-state index contributed by atoms with van der Waals surface area (Å²) in [5, 5.41) is 9.46. The van der Waals surface area contributed by atoms with Gasteiger partial charge in [-0.25, -0.2) is 0 Å². The van der Waals surface area contributed by atoms with Crippen LogP contribution in [-0.4, -0.2) is 41.8 Å². The van der Waals surface area contributed by atoms with Crippen LogP contribution in [0, 0.1) is 11.3 Å². The Hall–Kier alpha value is -0.120. The molecular formula is C15H30N2O. The number of piperidine rings is 1. The minimum absolute atomic E-state index is 0.157. The van der Waals surface area contributed by atoms with E-state index in [1.54, 1.807) is 0 Å². The van der Waals surface area contributed by atoms with Crippen LogP contribution < -0.4 is 5.73 Å². The molecule has 3 nitrogen and oxygen atoms in total. The Morgan fingerprint density at radius 2 is 1.89 bits per heavy atom. The molecule has 0 bridgehead atoms. The Morgan fingerprint density at radius 3 is 2.50 bits per heavy atom. The van der Waals surface area contributed by atoms with Crippen molar-refractivity contribution in [2.75, 3.05) is 26.2 Å². The first kappa shape index (κ1) is 14.3. The van der Waals surface area contributed by atoms with Crippen LogP contribution in [0.5, 0.6) is 0 Å². The molecule has 3 heteroatoms. The highest BCUT2D eigenvalue weighted by atomic mass is 16.3. The van der Waals surface area contributed by atoms with Crippen LogP contribution in [0.2, 0.25) is 0 Å². The molecule has 0 aromatic rings. The number of rotatable bonds is 4. The first-order valence-electron chi connectivity index (χ1n) is 7.57. The summed E-state index contributed by atoms with van der Waals surface area (Å²) in [6, 6.07) is 0. The Morgan fingerprint density at radius 1 is 1.22 bits per heavy atom. The van der Waals surface area contributed by atoms with E-state index in [-0.39, 0.29) is 12.1 Å². The Labute approximate surface area is 112 Å². The second-order valence-corrected chi connectivity index (χ2v) is 7.27. The molecule has 2 aliphatic rings. The summed E-state index contributed by atoms with van der Waals surface area (Å²) < 4.78 is 0. The van der Waals surface area contributed by atoms with E-state index in [9.17, 15) is 5.11 Å². The number of aliphatic hydroxyl groups is 1. The molecule has 18 heavy (non-hydrogen) atoms. The highest BCUT2D eigenvalue weighted by Gasteiger charge is 2.38. The fraction of sp³-hybridized carbons (Fsp3) is 1.00. The molecule has 1 saturated carbocycles. The molecule has 1 saturated heterocycles. The average molecular weight is 254 g/mol. The van der Waals surface area contributed by atoms with Crippen LogP contribution in [0.25, 0.3) is 0 Å². The number of hydrogen-bond acceptors (Lipinski definition) is 3. The van der Waals surface area contributed by atoms with Gasteiger partial charge < -0.3 is 15.7 Å². The van der Waals surface area contributed by atoms with Crippen molar-refractivity contribution in [1.82, 2.24) is 4.90 Å². The molecule has 0 aromatic carbocycles. The van der Waals surface area contributed by atoms with Crippen molar-refractivity contribution >= 4 is 0 Å². The lowest BCUT2D eigenvalue weighted by Crippen LogP contribution is -2.48. The van der Waals surface area contributed by atoms with Gasteiger partial charge in [0.05, 0.1) is 6.61 Å². The van der Waals surface area contributed by atoms with Gasteiger partial charge in [-0.15, -0.1) is 0 Å². The van der Waals surface area contributed by atoms with Gasteiger partial charge in [-0.05, 0) is 63.1 Å². The van der Waals surface area contributed by atoms with E-state index < -0.39 is 0 Å². The van der Waals surface area contributed by atoms with Crippen LogP contribution in [0.4, 0.5) is 0 Å². The molecule has 0 radical (unpaired) electrons. The van der Waals surface area contributed by atoms with Gasteiger partial charge in [0, 0.05) is 5.54 Å². The lowest BCUT2D eigenvalue weighted by molar-refractivity contribution is 0.109. The Bertz CT molecular complexity index is 270. The van der Waals surface area contributed by atoms with Crippen LogP contribution in [0.15, 0.2) is 0 Å². The zero-order chi connectivity index (χ0) is 13.2. The maximum atomic E-state index is 9.46. The van der Waals surface area contributed by atoms with E-state index in [4.69, 9.17) is 5.73 Å². The maximum Gasteiger partial charge on any atom is 0.0613 e.